The van der Waals surface area contributed by atoms with E-state index >= 15 is 0 Å². The molecule has 7 heteroatoms. The lowest BCUT2D eigenvalue weighted by atomic mass is 10.1. The summed E-state index contributed by atoms with van der Waals surface area (Å²) in [5.74, 6) is 3.00. The molecular formula is C15H15N5O2. The van der Waals surface area contributed by atoms with Gasteiger partial charge in [-0.05, 0) is 17.5 Å². The van der Waals surface area contributed by atoms with Crippen LogP contribution >= 0.6 is 0 Å². The number of nitrogens with zero attached hydrogens (tertiary/aromatic N) is 3. The predicted octanol–water partition coefficient (Wildman–Crippen LogP) is 2.37. The topological polar surface area (TPSA) is 95.2 Å². The predicted molar refractivity (Wildman–Crippen MR) is 84.6 cm³/mol. The fourth-order valence-electron chi connectivity index (χ4n) is 2.09. The maximum atomic E-state index is 5.51. The molecule has 0 aliphatic carbocycles. The van der Waals surface area contributed by atoms with E-state index in [0.29, 0.717) is 29.0 Å². The van der Waals surface area contributed by atoms with Crippen LogP contribution in [0.5, 0.6) is 11.5 Å². The van der Waals surface area contributed by atoms with Crippen LogP contribution in [0, 0.1) is 0 Å². The van der Waals surface area contributed by atoms with Gasteiger partial charge in [-0.3, -0.25) is 0 Å². The molecule has 0 atom stereocenters. The van der Waals surface area contributed by atoms with E-state index in [1.807, 2.05) is 18.2 Å². The second-order valence-electron chi connectivity index (χ2n) is 4.57. The summed E-state index contributed by atoms with van der Waals surface area (Å²) in [4.78, 5) is 12.5. The van der Waals surface area contributed by atoms with Gasteiger partial charge in [-0.2, -0.15) is 0 Å². The second-order valence-corrected chi connectivity index (χ2v) is 4.57. The van der Waals surface area contributed by atoms with Crippen molar-refractivity contribution in [2.45, 2.75) is 0 Å². The molecule has 0 amide bonds. The maximum Gasteiger partial charge on any atom is 0.150 e. The Balaban J connectivity index is 1.99. The van der Waals surface area contributed by atoms with Gasteiger partial charge < -0.3 is 20.5 Å². The van der Waals surface area contributed by atoms with Gasteiger partial charge in [0.05, 0.1) is 26.6 Å². The van der Waals surface area contributed by atoms with E-state index in [2.05, 4.69) is 20.3 Å². The lowest BCUT2D eigenvalue weighted by Crippen LogP contribution is -1.99. The largest absolute Gasteiger partial charge is 0.497 e. The third-order valence-corrected chi connectivity index (χ3v) is 3.16. The van der Waals surface area contributed by atoms with Crippen LogP contribution in [0.3, 0.4) is 0 Å². The van der Waals surface area contributed by atoms with Crippen LogP contribution in [0.2, 0.25) is 0 Å². The first-order valence-corrected chi connectivity index (χ1v) is 6.56. The fraction of sp³-hybridized carbons (Fsp3) is 0.133. The number of hydrogen-bond acceptors (Lipinski definition) is 7. The van der Waals surface area contributed by atoms with Crippen molar-refractivity contribution in [3.8, 4) is 11.5 Å². The van der Waals surface area contributed by atoms with Crippen molar-refractivity contribution in [2.24, 2.45) is 0 Å². The van der Waals surface area contributed by atoms with Gasteiger partial charge in [0.2, 0.25) is 0 Å². The summed E-state index contributed by atoms with van der Waals surface area (Å²) < 4.78 is 10.6. The molecule has 3 rings (SSSR count). The summed E-state index contributed by atoms with van der Waals surface area (Å²) in [6, 6.07) is 5.63. The molecular weight excluding hydrogens is 282 g/mol. The van der Waals surface area contributed by atoms with Crippen LogP contribution in [0.15, 0.2) is 36.8 Å². The van der Waals surface area contributed by atoms with Gasteiger partial charge in [0.15, 0.2) is 0 Å². The lowest BCUT2D eigenvalue weighted by Gasteiger charge is -2.10. The molecule has 2 aromatic heterocycles. The van der Waals surface area contributed by atoms with E-state index in [0.717, 1.165) is 10.8 Å². The van der Waals surface area contributed by atoms with Crippen molar-refractivity contribution in [3.63, 3.8) is 0 Å². The quantitative estimate of drug-likeness (QED) is 0.763. The number of ether oxygens (including phenoxy) is 2. The van der Waals surface area contributed by atoms with Crippen molar-refractivity contribution in [1.82, 2.24) is 15.0 Å². The molecule has 0 fully saturated rings. The number of aromatic nitrogens is 3. The SMILES string of the molecule is COc1cc(OC)c2cnc(Nc3cnc(N)cn3)cc2c1. The molecule has 1 aromatic carbocycles. The van der Waals surface area contributed by atoms with Gasteiger partial charge in [-0.15, -0.1) is 0 Å². The molecule has 0 saturated carbocycles. The molecule has 7 nitrogen and oxygen atoms in total. The number of benzene rings is 1. The highest BCUT2D eigenvalue weighted by Crippen LogP contribution is 2.32. The van der Waals surface area contributed by atoms with Gasteiger partial charge in [0.25, 0.3) is 0 Å². The van der Waals surface area contributed by atoms with Crippen LogP contribution < -0.4 is 20.5 Å². The zero-order chi connectivity index (χ0) is 15.5. The number of rotatable bonds is 4. The van der Waals surface area contributed by atoms with E-state index in [9.17, 15) is 0 Å². The number of hydrogen-bond donors (Lipinski definition) is 2. The van der Waals surface area contributed by atoms with Gasteiger partial charge in [0.1, 0.15) is 29.0 Å². The molecule has 2 heterocycles. The minimum Gasteiger partial charge on any atom is -0.497 e. The minimum atomic E-state index is 0.367. The first-order chi connectivity index (χ1) is 10.7. The highest BCUT2D eigenvalue weighted by Gasteiger charge is 2.07. The smallest absolute Gasteiger partial charge is 0.150 e. The van der Waals surface area contributed by atoms with Crippen molar-refractivity contribution in [3.05, 3.63) is 36.8 Å². The normalized spacial score (nSPS) is 10.5. The molecule has 0 aliphatic rings. The molecule has 0 radical (unpaired) electrons. The molecule has 0 unspecified atom stereocenters. The Bertz CT molecular complexity index is 805. The summed E-state index contributed by atoms with van der Waals surface area (Å²) in [6.45, 7) is 0. The number of nitrogen functional groups attached to an aromatic ring is 1. The molecule has 0 saturated heterocycles. The van der Waals surface area contributed by atoms with Crippen LogP contribution in [-0.2, 0) is 0 Å². The second kappa shape index (κ2) is 5.72. The zero-order valence-electron chi connectivity index (χ0n) is 12.2. The first-order valence-electron chi connectivity index (χ1n) is 6.56. The van der Waals surface area contributed by atoms with E-state index in [1.165, 1.54) is 6.20 Å². The number of fused-ring (bicyclic) bond motifs is 1. The van der Waals surface area contributed by atoms with Crippen LogP contribution in [0.4, 0.5) is 17.5 Å². The average Bonchev–Trinajstić information content (AvgIpc) is 2.55. The highest BCUT2D eigenvalue weighted by molar-refractivity contribution is 5.91. The van der Waals surface area contributed by atoms with Gasteiger partial charge in [-0.25, -0.2) is 15.0 Å². The number of nitrogens with two attached hydrogens (primary N) is 1. The van der Waals surface area contributed by atoms with Crippen molar-refractivity contribution in [1.29, 1.82) is 0 Å². The Hall–Kier alpha value is -3.09. The van der Waals surface area contributed by atoms with E-state index in [4.69, 9.17) is 15.2 Å². The summed E-state index contributed by atoms with van der Waals surface area (Å²) in [5.41, 5.74) is 5.51. The Morgan fingerprint density at radius 3 is 2.41 bits per heavy atom. The van der Waals surface area contributed by atoms with Crippen LogP contribution in [0.1, 0.15) is 0 Å². The average molecular weight is 297 g/mol. The van der Waals surface area contributed by atoms with E-state index < -0.39 is 0 Å². The van der Waals surface area contributed by atoms with E-state index in [1.54, 1.807) is 26.6 Å². The zero-order valence-corrected chi connectivity index (χ0v) is 12.2. The summed E-state index contributed by atoms with van der Waals surface area (Å²) in [7, 11) is 3.23. The number of pyridine rings is 1. The summed E-state index contributed by atoms with van der Waals surface area (Å²) in [5, 5.41) is 4.92. The molecule has 0 aliphatic heterocycles. The Morgan fingerprint density at radius 1 is 0.909 bits per heavy atom. The van der Waals surface area contributed by atoms with Gasteiger partial charge >= 0.3 is 0 Å². The fourth-order valence-corrected chi connectivity index (χ4v) is 2.09. The van der Waals surface area contributed by atoms with Gasteiger partial charge in [-0.1, -0.05) is 0 Å². The first kappa shape index (κ1) is 13.9. The monoisotopic (exact) mass is 297 g/mol. The Labute approximate surface area is 127 Å². The minimum absolute atomic E-state index is 0.367. The molecule has 3 N–H and O–H groups in total. The molecule has 3 aromatic rings. The Morgan fingerprint density at radius 2 is 1.73 bits per heavy atom. The third-order valence-electron chi connectivity index (χ3n) is 3.16. The number of anilines is 3. The molecule has 0 spiro atoms. The summed E-state index contributed by atoms with van der Waals surface area (Å²) in [6.07, 6.45) is 4.77. The molecule has 112 valence electrons. The van der Waals surface area contributed by atoms with Crippen molar-refractivity contribution >= 4 is 28.2 Å². The lowest BCUT2D eigenvalue weighted by molar-refractivity contribution is 0.398. The number of methoxy groups -OCH3 is 2. The Kier molecular flexibility index (Phi) is 3.61. The van der Waals surface area contributed by atoms with Crippen LogP contribution in [0.25, 0.3) is 10.8 Å². The number of nitrogens with one attached hydrogen (secondary N) is 1. The molecule has 0 bridgehead atoms. The van der Waals surface area contributed by atoms with Crippen LogP contribution in [-0.4, -0.2) is 29.2 Å². The van der Waals surface area contributed by atoms with Crippen molar-refractivity contribution in [2.75, 3.05) is 25.3 Å². The highest BCUT2D eigenvalue weighted by atomic mass is 16.5. The van der Waals surface area contributed by atoms with Crippen molar-refractivity contribution < 1.29 is 9.47 Å². The van der Waals surface area contributed by atoms with Gasteiger partial charge in [0, 0.05) is 17.6 Å². The van der Waals surface area contributed by atoms with E-state index in [-0.39, 0.29) is 0 Å². The standard InChI is InChI=1S/C15H15N5O2/c1-21-10-3-9-4-14(18-6-11(9)12(5-10)22-2)20-15-8-17-13(16)7-19-15/h3-8H,1-2H3,(H2,16,17)(H,18,19,20). The molecule has 22 heavy (non-hydrogen) atoms. The summed E-state index contributed by atoms with van der Waals surface area (Å²) >= 11 is 0. The maximum absolute atomic E-state index is 5.51. The third kappa shape index (κ3) is 2.69.